The Kier molecular flexibility index (Phi) is 13.2. The van der Waals surface area contributed by atoms with E-state index in [0.29, 0.717) is 6.42 Å². The minimum absolute atomic E-state index is 0.0114. The monoisotopic (exact) mass is 571 g/mol. The van der Waals surface area contributed by atoms with Gasteiger partial charge in [0.25, 0.3) is 0 Å². The van der Waals surface area contributed by atoms with E-state index in [0.717, 1.165) is 6.26 Å². The molecule has 0 aliphatic carbocycles. The molecular formula is C26H41N3O7S2. The fraction of sp³-hybridized carbons (Fsp3) is 0.577. The summed E-state index contributed by atoms with van der Waals surface area (Å²) >= 11 is 0. The largest absolute Gasteiger partial charge is 0.345 e. The van der Waals surface area contributed by atoms with Crippen LogP contribution in [0.2, 0.25) is 0 Å². The first-order valence-electron chi connectivity index (χ1n) is 12.5. The zero-order valence-corrected chi connectivity index (χ0v) is 24.6. The fourth-order valence-corrected chi connectivity index (χ4v) is 5.39. The van der Waals surface area contributed by atoms with Crippen molar-refractivity contribution in [1.29, 1.82) is 0 Å². The van der Waals surface area contributed by atoms with Crippen molar-refractivity contribution in [3.8, 4) is 0 Å². The first kappa shape index (κ1) is 33.3. The topological polar surface area (TPSA) is 156 Å². The van der Waals surface area contributed by atoms with Crippen molar-refractivity contribution < 1.29 is 31.2 Å². The van der Waals surface area contributed by atoms with Gasteiger partial charge in [-0.15, -0.1) is 0 Å². The second kappa shape index (κ2) is 15.0. The van der Waals surface area contributed by atoms with Crippen LogP contribution in [0.25, 0.3) is 0 Å². The van der Waals surface area contributed by atoms with Gasteiger partial charge in [0.1, 0.15) is 21.9 Å². The quantitative estimate of drug-likeness (QED) is 0.291. The van der Waals surface area contributed by atoms with Crippen molar-refractivity contribution in [2.24, 2.45) is 11.8 Å². The van der Waals surface area contributed by atoms with E-state index in [2.05, 4.69) is 16.0 Å². The molecule has 0 aliphatic heterocycles. The van der Waals surface area contributed by atoms with E-state index in [9.17, 15) is 31.2 Å². The van der Waals surface area contributed by atoms with Crippen LogP contribution >= 0.6 is 0 Å². The molecule has 2 atom stereocenters. The van der Waals surface area contributed by atoms with E-state index in [1.54, 1.807) is 18.2 Å². The molecule has 0 aromatic heterocycles. The summed E-state index contributed by atoms with van der Waals surface area (Å²) in [6.45, 7) is 8.87. The second-order valence-corrected chi connectivity index (χ2v) is 14.6. The number of benzene rings is 1. The number of amides is 3. The predicted octanol–water partition coefficient (Wildman–Crippen LogP) is 1.98. The van der Waals surface area contributed by atoms with E-state index < -0.39 is 49.3 Å². The third-order valence-corrected chi connectivity index (χ3v) is 7.96. The van der Waals surface area contributed by atoms with Gasteiger partial charge in [0.15, 0.2) is 9.84 Å². The highest BCUT2D eigenvalue weighted by atomic mass is 32.2. The second-order valence-electron chi connectivity index (χ2n) is 10.3. The Hall–Kier alpha value is -2.73. The minimum atomic E-state index is -3.72. The third-order valence-electron chi connectivity index (χ3n) is 5.42. The average molecular weight is 572 g/mol. The molecule has 0 unspecified atom stereocenters. The van der Waals surface area contributed by atoms with Crippen LogP contribution in [0.4, 0.5) is 0 Å². The molecule has 3 amide bonds. The number of rotatable bonds is 15. The lowest BCUT2D eigenvalue weighted by molar-refractivity contribution is -0.132. The van der Waals surface area contributed by atoms with E-state index in [4.69, 9.17) is 0 Å². The highest BCUT2D eigenvalue weighted by Gasteiger charge is 2.28. The Balaban J connectivity index is 3.19. The highest BCUT2D eigenvalue weighted by Crippen LogP contribution is 2.13. The number of nitrogens with one attached hydrogen (secondary N) is 3. The molecule has 1 rings (SSSR count). The molecule has 0 heterocycles. The van der Waals surface area contributed by atoms with E-state index >= 15 is 0 Å². The van der Waals surface area contributed by atoms with Crippen LogP contribution in [0.5, 0.6) is 0 Å². The molecule has 10 nitrogen and oxygen atoms in total. The van der Waals surface area contributed by atoms with Crippen LogP contribution < -0.4 is 16.0 Å². The van der Waals surface area contributed by atoms with Crippen LogP contribution in [-0.2, 0) is 34.1 Å². The Morgan fingerprint density at radius 2 is 1.37 bits per heavy atom. The molecule has 0 aliphatic rings. The lowest BCUT2D eigenvalue weighted by Crippen LogP contribution is -2.54. The average Bonchev–Trinajstić information content (AvgIpc) is 2.79. The molecule has 3 N–H and O–H groups in total. The van der Waals surface area contributed by atoms with Crippen molar-refractivity contribution in [3.63, 3.8) is 0 Å². The lowest BCUT2D eigenvalue weighted by Gasteiger charge is -2.25. The summed E-state index contributed by atoms with van der Waals surface area (Å²) in [5, 5.41) is 7.95. The zero-order chi connectivity index (χ0) is 29.1. The maximum atomic E-state index is 13.3. The number of hydrogen-bond donors (Lipinski definition) is 3. The standard InChI is InChI=1S/C26H41N3O7S2/c1-18(2)16-23(27-20(5)30)26(32)29-24(17-19(3)4)25(31)28-21(12-14-37(6,33)34)13-15-38(35,36)22-10-8-7-9-11-22/h7-11,13,18-19,23-24H,12,14-17H2,1-6H3,(H,27,30)(H,28,31)(H,29,32)/b21-13+/t23-,24-/m0/s1. The molecule has 214 valence electrons. The smallest absolute Gasteiger partial charge is 0.246 e. The van der Waals surface area contributed by atoms with E-state index in [1.807, 2.05) is 27.7 Å². The van der Waals surface area contributed by atoms with Gasteiger partial charge < -0.3 is 16.0 Å². The summed E-state index contributed by atoms with van der Waals surface area (Å²) < 4.78 is 49.0. The first-order chi connectivity index (χ1) is 17.5. The summed E-state index contributed by atoms with van der Waals surface area (Å²) in [6, 6.07) is 5.96. The van der Waals surface area contributed by atoms with Crippen molar-refractivity contribution >= 4 is 37.4 Å². The Morgan fingerprint density at radius 1 is 0.842 bits per heavy atom. The van der Waals surface area contributed by atoms with E-state index in [-0.39, 0.29) is 46.9 Å². The fourth-order valence-electron chi connectivity index (χ4n) is 3.61. The minimum Gasteiger partial charge on any atom is -0.345 e. The highest BCUT2D eigenvalue weighted by molar-refractivity contribution is 7.91. The van der Waals surface area contributed by atoms with Crippen LogP contribution in [0, 0.1) is 11.8 Å². The molecule has 0 fully saturated rings. The molecule has 0 saturated carbocycles. The number of carbonyl (C=O) groups is 3. The van der Waals surface area contributed by atoms with Gasteiger partial charge in [-0.3, -0.25) is 14.4 Å². The third kappa shape index (κ3) is 13.2. The maximum Gasteiger partial charge on any atom is 0.246 e. The number of carbonyl (C=O) groups excluding carboxylic acids is 3. The van der Waals surface area contributed by atoms with Gasteiger partial charge in [0.2, 0.25) is 17.7 Å². The summed E-state index contributed by atoms with van der Waals surface area (Å²) in [5.74, 6) is -2.12. The maximum absolute atomic E-state index is 13.3. The molecule has 0 radical (unpaired) electrons. The van der Waals surface area contributed by atoms with Crippen molar-refractivity contribution in [2.75, 3.05) is 17.8 Å². The molecule has 1 aromatic carbocycles. The van der Waals surface area contributed by atoms with Crippen LogP contribution in [-0.4, -0.2) is 64.4 Å². The van der Waals surface area contributed by atoms with Gasteiger partial charge in [-0.2, -0.15) is 0 Å². The number of sulfone groups is 2. The van der Waals surface area contributed by atoms with Crippen molar-refractivity contribution in [1.82, 2.24) is 16.0 Å². The summed E-state index contributed by atoms with van der Waals surface area (Å²) in [4.78, 5) is 38.0. The molecule has 0 spiro atoms. The van der Waals surface area contributed by atoms with Gasteiger partial charge in [0.05, 0.1) is 16.4 Å². The summed E-state index contributed by atoms with van der Waals surface area (Å²) in [6.07, 6.45) is 2.87. The molecule has 1 aromatic rings. The molecule has 12 heteroatoms. The first-order valence-corrected chi connectivity index (χ1v) is 16.2. The zero-order valence-electron chi connectivity index (χ0n) is 23.0. The Morgan fingerprint density at radius 3 is 1.84 bits per heavy atom. The van der Waals surface area contributed by atoms with Gasteiger partial charge in [0, 0.05) is 25.3 Å². The predicted molar refractivity (Wildman–Crippen MR) is 147 cm³/mol. The molecule has 0 saturated heterocycles. The normalized spacial score (nSPS) is 14.2. The number of hydrogen-bond acceptors (Lipinski definition) is 7. The summed E-state index contributed by atoms with van der Waals surface area (Å²) in [5.41, 5.74) is 0.128. The van der Waals surface area contributed by atoms with Crippen LogP contribution in [0.15, 0.2) is 47.0 Å². The van der Waals surface area contributed by atoms with Gasteiger partial charge in [-0.05, 0) is 42.9 Å². The van der Waals surface area contributed by atoms with Crippen LogP contribution in [0.1, 0.15) is 53.9 Å². The Labute approximate surface area is 226 Å². The van der Waals surface area contributed by atoms with Gasteiger partial charge >= 0.3 is 0 Å². The van der Waals surface area contributed by atoms with Gasteiger partial charge in [-0.1, -0.05) is 45.9 Å². The molecular weight excluding hydrogens is 530 g/mol. The lowest BCUT2D eigenvalue weighted by atomic mass is 10.00. The molecule has 38 heavy (non-hydrogen) atoms. The van der Waals surface area contributed by atoms with Crippen molar-refractivity contribution in [3.05, 3.63) is 42.1 Å². The molecule has 0 bridgehead atoms. The number of allylic oxidation sites excluding steroid dienone is 1. The summed E-state index contributed by atoms with van der Waals surface area (Å²) in [7, 11) is -7.13. The SMILES string of the molecule is CC(=O)N[C@@H](CC(C)C)C(=O)N[C@@H](CC(C)C)C(=O)N/C(=C/CS(=O)(=O)c1ccccc1)CCS(C)(=O)=O. The van der Waals surface area contributed by atoms with Gasteiger partial charge in [-0.25, -0.2) is 16.8 Å². The van der Waals surface area contributed by atoms with Crippen molar-refractivity contribution in [2.45, 2.75) is 70.9 Å². The van der Waals surface area contributed by atoms with E-state index in [1.165, 1.54) is 25.1 Å². The Bertz CT molecular complexity index is 1190. The van der Waals surface area contributed by atoms with Crippen LogP contribution in [0.3, 0.4) is 0 Å².